The lowest BCUT2D eigenvalue weighted by Crippen LogP contribution is -2.53. The molecule has 49 heavy (non-hydrogen) atoms. The number of aryl methyl sites for hydroxylation is 1. The van der Waals surface area contributed by atoms with Crippen LogP contribution < -0.4 is 19.5 Å². The second-order valence-electron chi connectivity index (χ2n) is 12.0. The first-order chi connectivity index (χ1) is 23.1. The summed E-state index contributed by atoms with van der Waals surface area (Å²) >= 11 is 8.08. The number of sulfone groups is 1. The van der Waals surface area contributed by atoms with Crippen LogP contribution in [-0.4, -0.2) is 79.2 Å². The number of carbonyl (C=O) groups excluding carboxylic acids is 3. The van der Waals surface area contributed by atoms with Crippen LogP contribution >= 0.6 is 23.4 Å². The molecule has 0 bridgehead atoms. The van der Waals surface area contributed by atoms with Gasteiger partial charge in [0.25, 0.3) is 0 Å². The molecule has 16 heteroatoms. The van der Waals surface area contributed by atoms with E-state index in [0.29, 0.717) is 11.4 Å². The molecule has 0 fully saturated rings. The van der Waals surface area contributed by atoms with Crippen LogP contribution in [0.15, 0.2) is 51.1 Å². The zero-order valence-electron chi connectivity index (χ0n) is 27.7. The molecule has 4 atom stereocenters. The number of hydrogen-bond donors (Lipinski definition) is 2. The summed E-state index contributed by atoms with van der Waals surface area (Å²) in [4.78, 5) is 47.2. The fourth-order valence-electron chi connectivity index (χ4n) is 6.24. The zero-order chi connectivity index (χ0) is 35.8. The molecule has 1 aliphatic carbocycles. The van der Waals surface area contributed by atoms with Crippen LogP contribution in [0.3, 0.4) is 0 Å². The van der Waals surface area contributed by atoms with Crippen molar-refractivity contribution in [1.29, 1.82) is 0 Å². The topological polar surface area (TPSA) is 184 Å². The highest BCUT2D eigenvalue weighted by molar-refractivity contribution is 7.98. The normalized spacial score (nSPS) is 20.2. The number of nitrogens with one attached hydrogen (secondary N) is 1. The lowest BCUT2D eigenvalue weighted by molar-refractivity contribution is -0.122. The Kier molecular flexibility index (Phi) is 10.4. The number of fused-ring (bicyclic) bond motifs is 1. The molecule has 13 nitrogen and oxygen atoms in total. The number of aliphatic hydroxyl groups excluding tert-OH is 1. The second-order valence-corrected chi connectivity index (χ2v) is 15.5. The van der Waals surface area contributed by atoms with Crippen molar-refractivity contribution in [2.45, 2.75) is 55.6 Å². The van der Waals surface area contributed by atoms with Crippen molar-refractivity contribution in [2.75, 3.05) is 32.5 Å². The molecule has 0 saturated carbocycles. The fourth-order valence-corrected chi connectivity index (χ4v) is 7.58. The Morgan fingerprint density at radius 3 is 2.45 bits per heavy atom. The summed E-state index contributed by atoms with van der Waals surface area (Å²) in [5, 5.41) is 18.7. The first kappa shape index (κ1) is 36.2. The minimum atomic E-state index is -3.42. The minimum Gasteiger partial charge on any atom is -0.507 e. The van der Waals surface area contributed by atoms with Crippen molar-refractivity contribution in [3.8, 4) is 17.2 Å². The highest BCUT2D eigenvalue weighted by Crippen LogP contribution is 2.55. The Hall–Kier alpha value is -4.08. The van der Waals surface area contributed by atoms with Crippen LogP contribution in [0.5, 0.6) is 17.2 Å². The number of amides is 1. The number of halogens is 1. The number of ketones is 2. The Balaban J connectivity index is 1.60. The van der Waals surface area contributed by atoms with E-state index in [2.05, 4.69) is 15.5 Å². The fraction of sp³-hybridized carbons (Fsp3) is 0.424. The maximum absolute atomic E-state index is 14.3. The Morgan fingerprint density at radius 1 is 1.20 bits per heavy atom. The largest absolute Gasteiger partial charge is 0.507 e. The van der Waals surface area contributed by atoms with Gasteiger partial charge in [0.05, 0.1) is 20.0 Å². The van der Waals surface area contributed by atoms with Gasteiger partial charge in [-0.3, -0.25) is 14.4 Å². The molecule has 0 saturated heterocycles. The van der Waals surface area contributed by atoms with Crippen molar-refractivity contribution in [3.63, 3.8) is 0 Å². The number of Topliss-reactive ketones (excluding diaryl/α,β-unsaturated/α-hetero) is 2. The van der Waals surface area contributed by atoms with Gasteiger partial charge < -0.3 is 29.2 Å². The van der Waals surface area contributed by atoms with E-state index in [0.717, 1.165) is 11.2 Å². The van der Waals surface area contributed by atoms with Gasteiger partial charge in [0, 0.05) is 47.5 Å². The number of aromatic nitrogens is 2. The zero-order valence-corrected chi connectivity index (χ0v) is 30.0. The van der Waals surface area contributed by atoms with Gasteiger partial charge in [-0.1, -0.05) is 35.8 Å². The standard InChI is InChI=1S/C33H36ClN3O10S2/c1-16-13-22(38)26(30(40)33(16)31(41)27-23(44-3)15-24(45-4)28(34)29(27)46-33)20(18-7-9-19(48-5)10-8-18)14-25(39)36-21(11-12-49(6,42)43)32-35-17(2)37-47-32/h7-10,15-16,20-21,40H,11-14H2,1-6H3,(H,36,39)/t16-,20?,21?,33+/m1/s1. The number of allylic oxidation sites excluding steroid dienone is 1. The molecule has 2 N–H and O–H groups in total. The summed E-state index contributed by atoms with van der Waals surface area (Å²) < 4.78 is 46.4. The molecule has 3 aromatic rings. The van der Waals surface area contributed by atoms with E-state index < -0.39 is 56.5 Å². The number of methoxy groups -OCH3 is 2. The number of carbonyl (C=O) groups is 3. The van der Waals surface area contributed by atoms with Gasteiger partial charge in [0.2, 0.25) is 23.2 Å². The first-order valence-corrected chi connectivity index (χ1v) is 18.9. The Labute approximate surface area is 292 Å². The third-order valence-corrected chi connectivity index (χ3v) is 10.8. The van der Waals surface area contributed by atoms with E-state index in [1.165, 1.54) is 32.0 Å². The Bertz CT molecular complexity index is 1940. The van der Waals surface area contributed by atoms with Crippen LogP contribution in [0, 0.1) is 12.8 Å². The molecule has 1 aliphatic heterocycles. The van der Waals surface area contributed by atoms with Gasteiger partial charge in [-0.05, 0) is 37.3 Å². The molecular formula is C33H36ClN3O10S2. The molecule has 2 aromatic carbocycles. The molecule has 2 aliphatic rings. The van der Waals surface area contributed by atoms with E-state index in [4.69, 9.17) is 30.3 Å². The summed E-state index contributed by atoms with van der Waals surface area (Å²) in [6.07, 6.45) is 2.34. The van der Waals surface area contributed by atoms with Crippen LogP contribution in [0.1, 0.15) is 65.8 Å². The van der Waals surface area contributed by atoms with Gasteiger partial charge in [0.15, 0.2) is 23.1 Å². The maximum atomic E-state index is 14.3. The number of thioether (sulfide) groups is 1. The quantitative estimate of drug-likeness (QED) is 0.238. The van der Waals surface area contributed by atoms with Gasteiger partial charge in [-0.25, -0.2) is 8.42 Å². The van der Waals surface area contributed by atoms with Crippen molar-refractivity contribution >= 4 is 50.7 Å². The van der Waals surface area contributed by atoms with Crippen LogP contribution in [-0.2, 0) is 19.4 Å². The molecule has 2 unspecified atom stereocenters. The third kappa shape index (κ3) is 6.88. The van der Waals surface area contributed by atoms with Crippen LogP contribution in [0.2, 0.25) is 5.02 Å². The predicted octanol–water partition coefficient (Wildman–Crippen LogP) is 4.97. The van der Waals surface area contributed by atoms with Gasteiger partial charge >= 0.3 is 0 Å². The van der Waals surface area contributed by atoms with E-state index in [1.54, 1.807) is 26.0 Å². The number of aliphatic hydroxyl groups is 1. The highest BCUT2D eigenvalue weighted by atomic mass is 35.5. The molecule has 0 radical (unpaired) electrons. The smallest absolute Gasteiger partial charge is 0.249 e. The number of nitrogens with zero attached hydrogens (tertiary/aromatic N) is 2. The molecular weight excluding hydrogens is 698 g/mol. The van der Waals surface area contributed by atoms with E-state index in [9.17, 15) is 27.9 Å². The van der Waals surface area contributed by atoms with Crippen LogP contribution in [0.25, 0.3) is 0 Å². The molecule has 1 amide bonds. The van der Waals surface area contributed by atoms with E-state index in [-0.39, 0.29) is 64.3 Å². The number of ether oxygens (including phenoxy) is 3. The van der Waals surface area contributed by atoms with E-state index >= 15 is 0 Å². The number of hydrogen-bond acceptors (Lipinski definition) is 13. The average Bonchev–Trinajstić information content (AvgIpc) is 3.63. The molecule has 1 spiro atoms. The summed E-state index contributed by atoms with van der Waals surface area (Å²) in [5.41, 5.74) is -1.73. The summed E-state index contributed by atoms with van der Waals surface area (Å²) in [6.45, 7) is 3.20. The van der Waals surface area contributed by atoms with Gasteiger partial charge in [0.1, 0.15) is 38.0 Å². The molecule has 2 heterocycles. The van der Waals surface area contributed by atoms with Crippen molar-refractivity contribution in [2.24, 2.45) is 5.92 Å². The van der Waals surface area contributed by atoms with Gasteiger partial charge in [-0.2, -0.15) is 4.98 Å². The van der Waals surface area contributed by atoms with Crippen molar-refractivity contribution < 1.29 is 46.6 Å². The molecule has 262 valence electrons. The Morgan fingerprint density at radius 2 is 1.88 bits per heavy atom. The minimum absolute atomic E-state index is 0.0115. The average molecular weight is 734 g/mol. The second kappa shape index (κ2) is 14.0. The lowest BCUT2D eigenvalue weighted by atomic mass is 9.69. The predicted molar refractivity (Wildman–Crippen MR) is 181 cm³/mol. The van der Waals surface area contributed by atoms with Crippen molar-refractivity contribution in [1.82, 2.24) is 15.5 Å². The monoisotopic (exact) mass is 733 g/mol. The van der Waals surface area contributed by atoms with Gasteiger partial charge in [-0.15, -0.1) is 11.8 Å². The van der Waals surface area contributed by atoms with Crippen molar-refractivity contribution in [3.05, 3.63) is 69.5 Å². The third-order valence-electron chi connectivity index (χ3n) is 8.72. The first-order valence-electron chi connectivity index (χ1n) is 15.2. The highest BCUT2D eigenvalue weighted by Gasteiger charge is 2.61. The summed E-state index contributed by atoms with van der Waals surface area (Å²) in [6, 6.07) is 7.58. The maximum Gasteiger partial charge on any atom is 0.249 e. The number of rotatable bonds is 12. The lowest BCUT2D eigenvalue weighted by Gasteiger charge is -2.38. The summed E-state index contributed by atoms with van der Waals surface area (Å²) in [5.74, 6) is -4.02. The SMILES string of the molecule is COc1cc(OC)c2c(c1Cl)O[C@]1(C2=O)C(O)=C(C(CC(=O)NC(CCS(C)(=O)=O)c2nc(C)no2)c2ccc(SC)cc2)C(=O)C[C@H]1C. The molecule has 1 aromatic heterocycles. The number of benzene rings is 2. The molecule has 5 rings (SSSR count). The summed E-state index contributed by atoms with van der Waals surface area (Å²) in [7, 11) is -0.667. The van der Waals surface area contributed by atoms with Crippen LogP contribution in [0.4, 0.5) is 0 Å². The van der Waals surface area contributed by atoms with E-state index in [1.807, 2.05) is 18.4 Å².